The number of benzene rings is 1. The number of azo groups is 2. The fourth-order valence-corrected chi connectivity index (χ4v) is 5.63. The number of Topliss-reactive ketones (excluding diaryl/α,β-unsaturated/α-hetero) is 1. The number of aliphatic hydroxyl groups excluding tert-OH is 1. The zero-order chi connectivity index (χ0) is 36.6. The van der Waals surface area contributed by atoms with Gasteiger partial charge >= 0.3 is 11.8 Å². The lowest BCUT2D eigenvalue weighted by Crippen LogP contribution is -2.61. The molecule has 0 spiro atoms. The molecule has 6 atom stereocenters. The minimum absolute atomic E-state index is 0.0716. The predicted molar refractivity (Wildman–Crippen MR) is 173 cm³/mol. The average Bonchev–Trinajstić information content (AvgIpc) is 3.43. The van der Waals surface area contributed by atoms with Gasteiger partial charge in [0.2, 0.25) is 41.9 Å². The largest absolute Gasteiger partial charge is 0.445 e. The van der Waals surface area contributed by atoms with Gasteiger partial charge in [0.25, 0.3) is 0 Å². The van der Waals surface area contributed by atoms with Crippen molar-refractivity contribution < 1.29 is 48.2 Å². The second-order valence-corrected chi connectivity index (χ2v) is 13.2. The van der Waals surface area contributed by atoms with Crippen LogP contribution in [0.5, 0.6) is 0 Å². The molecule has 0 radical (unpaired) electrons. The Labute approximate surface area is 284 Å². The van der Waals surface area contributed by atoms with Gasteiger partial charge in [-0.1, -0.05) is 39.8 Å². The third-order valence-corrected chi connectivity index (χ3v) is 8.24. The smallest absolute Gasteiger partial charge is 0.391 e. The van der Waals surface area contributed by atoms with Crippen LogP contribution in [0.2, 0.25) is 0 Å². The second kappa shape index (κ2) is 17.0. The molecule has 1 aromatic carbocycles. The maximum atomic E-state index is 13.8. The lowest BCUT2D eigenvalue weighted by Gasteiger charge is -2.29. The van der Waals surface area contributed by atoms with Gasteiger partial charge in [-0.3, -0.25) is 33.6 Å². The first-order valence-corrected chi connectivity index (χ1v) is 16.3. The van der Waals surface area contributed by atoms with Crippen LogP contribution >= 0.6 is 0 Å². The van der Waals surface area contributed by atoms with E-state index in [1.807, 2.05) is 0 Å². The molecule has 2 aliphatic rings. The molecule has 2 aliphatic heterocycles. The first-order valence-electron chi connectivity index (χ1n) is 16.3. The Morgan fingerprint density at radius 1 is 0.878 bits per heavy atom. The van der Waals surface area contributed by atoms with Gasteiger partial charge in [-0.25, -0.2) is 4.79 Å². The van der Waals surface area contributed by atoms with Crippen molar-refractivity contribution in [3.63, 3.8) is 0 Å². The van der Waals surface area contributed by atoms with Crippen LogP contribution in [-0.2, 0) is 28.8 Å². The number of hydrogen-bond donors (Lipinski definition) is 6. The van der Waals surface area contributed by atoms with Gasteiger partial charge in [-0.05, 0) is 54.9 Å². The van der Waals surface area contributed by atoms with Crippen LogP contribution in [0, 0.1) is 17.8 Å². The SMILES string of the molecule is CC(=O)N[C@H](C(=O)NC(C(=O)N[C@@H](CC(C)C)C(=O)N[C@@H](C[C@@H]1CCNC1=O)C(=O)C[N+]1=NC(=O)c2ccccc2C1=O)C(C)O)C(C)C. The van der Waals surface area contributed by atoms with Gasteiger partial charge < -0.3 is 31.7 Å². The fourth-order valence-electron chi connectivity index (χ4n) is 5.63. The van der Waals surface area contributed by atoms with Crippen LogP contribution in [0.4, 0.5) is 0 Å². The van der Waals surface area contributed by atoms with Crippen molar-refractivity contribution in [2.45, 2.75) is 91.1 Å². The Hall–Kier alpha value is -4.86. The Morgan fingerprint density at radius 2 is 1.49 bits per heavy atom. The van der Waals surface area contributed by atoms with E-state index < -0.39 is 84.0 Å². The molecule has 0 aromatic heterocycles. The molecule has 0 saturated carbocycles. The number of amides is 7. The molecule has 266 valence electrons. The van der Waals surface area contributed by atoms with Crippen LogP contribution < -0.4 is 26.6 Å². The Bertz CT molecular complexity index is 1520. The van der Waals surface area contributed by atoms with Crippen molar-refractivity contribution in [1.29, 1.82) is 0 Å². The van der Waals surface area contributed by atoms with Gasteiger partial charge in [-0.2, -0.15) is 0 Å². The van der Waals surface area contributed by atoms with E-state index in [0.29, 0.717) is 13.0 Å². The summed E-state index contributed by atoms with van der Waals surface area (Å²) >= 11 is 0. The predicted octanol–water partition coefficient (Wildman–Crippen LogP) is -0.417. The first-order chi connectivity index (χ1) is 23.0. The molecule has 16 nitrogen and oxygen atoms in total. The molecule has 2 heterocycles. The molecular formula is C33H46N7O9+. The van der Waals surface area contributed by atoms with Crippen molar-refractivity contribution in [3.8, 4) is 0 Å². The molecule has 16 heteroatoms. The number of carbonyl (C=O) groups is 8. The van der Waals surface area contributed by atoms with Crippen molar-refractivity contribution in [1.82, 2.24) is 26.6 Å². The molecule has 7 amide bonds. The van der Waals surface area contributed by atoms with Crippen molar-refractivity contribution >= 4 is 47.1 Å². The summed E-state index contributed by atoms with van der Waals surface area (Å²) in [7, 11) is 0. The van der Waals surface area contributed by atoms with E-state index in [1.54, 1.807) is 39.8 Å². The van der Waals surface area contributed by atoms with Crippen LogP contribution in [0.1, 0.15) is 81.5 Å². The number of hydrogen-bond acceptors (Lipinski definition) is 9. The van der Waals surface area contributed by atoms with E-state index in [1.165, 1.54) is 26.0 Å². The quantitative estimate of drug-likeness (QED) is 0.124. The summed E-state index contributed by atoms with van der Waals surface area (Å²) in [6.45, 7) is 9.21. The topological polar surface area (TPSA) is 232 Å². The van der Waals surface area contributed by atoms with Gasteiger partial charge in [-0.15, -0.1) is 0 Å². The number of carbonyl (C=O) groups excluding carboxylic acids is 8. The highest BCUT2D eigenvalue weighted by Gasteiger charge is 2.40. The minimum Gasteiger partial charge on any atom is -0.391 e. The Balaban J connectivity index is 1.82. The van der Waals surface area contributed by atoms with Crippen molar-refractivity contribution in [3.05, 3.63) is 35.4 Å². The number of nitrogens with zero attached hydrogens (tertiary/aromatic N) is 2. The first kappa shape index (κ1) is 38.6. The van der Waals surface area contributed by atoms with Crippen LogP contribution in [-0.4, -0.2) is 100 Å². The summed E-state index contributed by atoms with van der Waals surface area (Å²) < 4.78 is 0.732. The Morgan fingerprint density at radius 3 is 2.04 bits per heavy atom. The molecule has 1 aromatic rings. The zero-order valence-corrected chi connectivity index (χ0v) is 28.6. The van der Waals surface area contributed by atoms with Gasteiger partial charge in [0, 0.05) is 24.5 Å². The van der Waals surface area contributed by atoms with Crippen molar-refractivity contribution in [2.24, 2.45) is 22.9 Å². The summed E-state index contributed by atoms with van der Waals surface area (Å²) in [5, 5.41) is 27.0. The lowest BCUT2D eigenvalue weighted by atomic mass is 9.94. The summed E-state index contributed by atoms with van der Waals surface area (Å²) in [5.74, 6) is -6.36. The van der Waals surface area contributed by atoms with E-state index in [4.69, 9.17) is 0 Å². The molecule has 2 unspecified atom stereocenters. The van der Waals surface area contributed by atoms with Crippen molar-refractivity contribution in [2.75, 3.05) is 13.1 Å². The maximum Gasteiger partial charge on any atom is 0.445 e. The molecule has 6 N–H and O–H groups in total. The number of fused-ring (bicyclic) bond motifs is 1. The molecule has 1 saturated heterocycles. The summed E-state index contributed by atoms with van der Waals surface area (Å²) in [6.07, 6.45) is -1.02. The second-order valence-electron chi connectivity index (χ2n) is 13.2. The average molecular weight is 685 g/mol. The molecule has 49 heavy (non-hydrogen) atoms. The third kappa shape index (κ3) is 10.3. The van der Waals surface area contributed by atoms with Crippen LogP contribution in [0.25, 0.3) is 0 Å². The maximum absolute atomic E-state index is 13.8. The normalized spacial score (nSPS) is 18.8. The van der Waals surface area contributed by atoms with E-state index in [2.05, 4.69) is 31.7 Å². The zero-order valence-electron chi connectivity index (χ0n) is 28.6. The van der Waals surface area contributed by atoms with Gasteiger partial charge in [0.05, 0.1) is 17.7 Å². The summed E-state index contributed by atoms with van der Waals surface area (Å²) in [5.41, 5.74) is 0.166. The summed E-state index contributed by atoms with van der Waals surface area (Å²) in [4.78, 5) is 104. The number of rotatable bonds is 16. The fraction of sp³-hybridized carbons (Fsp3) is 0.576. The van der Waals surface area contributed by atoms with E-state index in [9.17, 15) is 43.5 Å². The van der Waals surface area contributed by atoms with E-state index in [0.717, 1.165) is 4.70 Å². The van der Waals surface area contributed by atoms with Crippen LogP contribution in [0.15, 0.2) is 29.4 Å². The molecule has 3 rings (SSSR count). The highest BCUT2D eigenvalue weighted by molar-refractivity contribution is 6.07. The number of nitrogens with one attached hydrogen (secondary N) is 5. The van der Waals surface area contributed by atoms with E-state index >= 15 is 0 Å². The minimum atomic E-state index is -1.50. The number of aliphatic hydroxyl groups is 1. The Kier molecular flexibility index (Phi) is 13.4. The monoisotopic (exact) mass is 684 g/mol. The van der Waals surface area contributed by atoms with Gasteiger partial charge in [0.15, 0.2) is 0 Å². The molecular weight excluding hydrogens is 638 g/mol. The van der Waals surface area contributed by atoms with Gasteiger partial charge in [0.1, 0.15) is 23.7 Å². The summed E-state index contributed by atoms with van der Waals surface area (Å²) in [6, 6.07) is 0.983. The standard InChI is InChI=1S/C33H45N7O9/c1-16(2)13-24(37-32(48)27(18(5)41)38-31(47)26(17(3)4)35-19(6)42)30(46)36-23(14-20-11-12-34-28(20)44)25(43)15-40-33(49)22-10-8-7-9-21(22)29(45)39-40/h7-10,16-18,20,23-24,26-27,41H,11-15H2,1-6H3,(H4-,34,35,36,37,38,42,44,46,47,48)/p+1/t18?,20-,23-,24-,26-,27?/m0/s1. The molecule has 0 bridgehead atoms. The number of ketones is 1. The lowest BCUT2D eigenvalue weighted by molar-refractivity contribution is -0.483. The molecule has 0 aliphatic carbocycles. The van der Waals surface area contributed by atoms with Crippen LogP contribution in [0.3, 0.4) is 0 Å². The highest BCUT2D eigenvalue weighted by atomic mass is 16.3. The molecule has 1 fully saturated rings. The van der Waals surface area contributed by atoms with E-state index in [-0.39, 0.29) is 41.7 Å². The third-order valence-electron chi connectivity index (χ3n) is 8.24. The highest BCUT2D eigenvalue weighted by Crippen LogP contribution is 2.20.